The largest absolute Gasteiger partial charge is 0.370 e. The van der Waals surface area contributed by atoms with E-state index < -0.39 is 0 Å². The van der Waals surface area contributed by atoms with Crippen molar-refractivity contribution >= 4 is 0 Å². The first-order valence-corrected chi connectivity index (χ1v) is 7.71. The van der Waals surface area contributed by atoms with Gasteiger partial charge in [0.05, 0.1) is 18.0 Å². The monoisotopic (exact) mass is 263 g/mol. The summed E-state index contributed by atoms with van der Waals surface area (Å²) in [5.74, 6) is 0. The lowest BCUT2D eigenvalue weighted by Crippen LogP contribution is -2.35. The number of hydrogen-bond acceptors (Lipinski definition) is 3. The van der Waals surface area contributed by atoms with Crippen molar-refractivity contribution in [2.24, 2.45) is 0 Å². The van der Waals surface area contributed by atoms with E-state index >= 15 is 0 Å². The quantitative estimate of drug-likeness (QED) is 0.829. The molecule has 1 spiro atoms. The van der Waals surface area contributed by atoms with Crippen molar-refractivity contribution < 1.29 is 4.74 Å². The number of hydrogen-bond donors (Lipinski definition) is 1. The molecule has 106 valence electrons. The van der Waals surface area contributed by atoms with Crippen LogP contribution in [0.4, 0.5) is 0 Å². The zero-order chi connectivity index (χ0) is 13.0. The van der Waals surface area contributed by atoms with Crippen LogP contribution < -0.4 is 5.32 Å². The van der Waals surface area contributed by atoms with E-state index in [2.05, 4.69) is 14.9 Å². The van der Waals surface area contributed by atoms with Crippen LogP contribution in [0, 0.1) is 0 Å². The van der Waals surface area contributed by atoms with Crippen molar-refractivity contribution in [2.45, 2.75) is 63.2 Å². The lowest BCUT2D eigenvalue weighted by Gasteiger charge is -2.33. The fraction of sp³-hybridized carbons (Fsp3) is 0.800. The van der Waals surface area contributed by atoms with Gasteiger partial charge < -0.3 is 14.6 Å². The van der Waals surface area contributed by atoms with Crippen LogP contribution in [0.2, 0.25) is 0 Å². The molecule has 1 aliphatic carbocycles. The van der Waals surface area contributed by atoms with Gasteiger partial charge in [-0.15, -0.1) is 0 Å². The van der Waals surface area contributed by atoms with Crippen LogP contribution in [-0.4, -0.2) is 34.3 Å². The number of aromatic nitrogens is 2. The van der Waals surface area contributed by atoms with Gasteiger partial charge in [0.25, 0.3) is 0 Å². The highest BCUT2D eigenvalue weighted by Gasteiger charge is 2.40. The summed E-state index contributed by atoms with van der Waals surface area (Å²) >= 11 is 0. The number of nitrogens with zero attached hydrogens (tertiary/aromatic N) is 2. The van der Waals surface area contributed by atoms with Gasteiger partial charge in [-0.25, -0.2) is 4.98 Å². The van der Waals surface area contributed by atoms with Crippen LogP contribution in [0.5, 0.6) is 0 Å². The van der Waals surface area contributed by atoms with Crippen molar-refractivity contribution in [1.29, 1.82) is 0 Å². The summed E-state index contributed by atoms with van der Waals surface area (Å²) in [5, 5.41) is 3.51. The Balaban J connectivity index is 1.35. The number of imidazole rings is 1. The molecule has 0 bridgehead atoms. The second-order valence-electron chi connectivity index (χ2n) is 6.03. The molecule has 0 aromatic carbocycles. The third-order valence-corrected chi connectivity index (χ3v) is 4.58. The molecule has 19 heavy (non-hydrogen) atoms. The molecule has 1 saturated heterocycles. The van der Waals surface area contributed by atoms with Crippen LogP contribution in [0.3, 0.4) is 0 Å². The van der Waals surface area contributed by atoms with Crippen molar-refractivity contribution in [3.8, 4) is 0 Å². The number of rotatable bonds is 5. The Morgan fingerprint density at radius 1 is 1.26 bits per heavy atom. The molecule has 1 aromatic heterocycles. The standard InChI is InChI=1S/C15H25N3O/c1-2-5-15(6-3-1)7-4-14(19-15)12-16-8-10-18-11-9-17-13-18/h9,11,13-14,16H,1-8,10,12H2. The van der Waals surface area contributed by atoms with Gasteiger partial charge in [0.1, 0.15) is 0 Å². The number of ether oxygens (including phenoxy) is 1. The van der Waals surface area contributed by atoms with Gasteiger partial charge in [-0.2, -0.15) is 0 Å². The predicted molar refractivity (Wildman–Crippen MR) is 75.0 cm³/mol. The normalized spacial score (nSPS) is 26.0. The first kappa shape index (κ1) is 13.1. The minimum absolute atomic E-state index is 0.259. The van der Waals surface area contributed by atoms with Crippen LogP contribution in [0.1, 0.15) is 44.9 Å². The molecule has 4 heteroatoms. The van der Waals surface area contributed by atoms with Crippen LogP contribution in [-0.2, 0) is 11.3 Å². The molecule has 1 N–H and O–H groups in total. The maximum Gasteiger partial charge on any atom is 0.0946 e. The van der Waals surface area contributed by atoms with Crippen LogP contribution in [0.15, 0.2) is 18.7 Å². The van der Waals surface area contributed by atoms with Gasteiger partial charge in [0, 0.05) is 32.0 Å². The lowest BCUT2D eigenvalue weighted by atomic mass is 9.83. The molecule has 1 aliphatic heterocycles. The summed E-state index contributed by atoms with van der Waals surface area (Å²) in [7, 11) is 0. The van der Waals surface area contributed by atoms with Gasteiger partial charge in [0.15, 0.2) is 0 Å². The summed E-state index contributed by atoms with van der Waals surface area (Å²) in [6.45, 7) is 2.97. The molecule has 2 fully saturated rings. The van der Waals surface area contributed by atoms with E-state index in [4.69, 9.17) is 4.74 Å². The molecule has 2 heterocycles. The smallest absolute Gasteiger partial charge is 0.0946 e. The Kier molecular flexibility index (Phi) is 4.18. The Bertz CT molecular complexity index is 371. The van der Waals surface area contributed by atoms with Crippen molar-refractivity contribution in [2.75, 3.05) is 13.1 Å². The maximum atomic E-state index is 6.35. The van der Waals surface area contributed by atoms with Gasteiger partial charge in [-0.3, -0.25) is 0 Å². The molecule has 4 nitrogen and oxygen atoms in total. The Morgan fingerprint density at radius 3 is 2.95 bits per heavy atom. The van der Waals surface area contributed by atoms with Gasteiger partial charge in [0.2, 0.25) is 0 Å². The lowest BCUT2D eigenvalue weighted by molar-refractivity contribution is -0.0623. The van der Waals surface area contributed by atoms with E-state index in [9.17, 15) is 0 Å². The average molecular weight is 263 g/mol. The molecular weight excluding hydrogens is 238 g/mol. The Morgan fingerprint density at radius 2 is 2.16 bits per heavy atom. The van der Waals surface area contributed by atoms with Gasteiger partial charge >= 0.3 is 0 Å². The van der Waals surface area contributed by atoms with Crippen LogP contribution in [0.25, 0.3) is 0 Å². The summed E-state index contributed by atoms with van der Waals surface area (Å²) in [6.07, 6.45) is 15.3. The van der Waals surface area contributed by atoms with Gasteiger partial charge in [-0.05, 0) is 25.7 Å². The molecule has 0 radical (unpaired) electrons. The van der Waals surface area contributed by atoms with Crippen LogP contribution >= 0.6 is 0 Å². The number of nitrogens with one attached hydrogen (secondary N) is 1. The molecule has 1 unspecified atom stereocenters. The molecule has 0 amide bonds. The molecule has 3 rings (SSSR count). The van der Waals surface area contributed by atoms with E-state index in [1.807, 2.05) is 18.7 Å². The van der Waals surface area contributed by atoms with E-state index in [1.54, 1.807) is 0 Å². The van der Waals surface area contributed by atoms with Crippen molar-refractivity contribution in [3.63, 3.8) is 0 Å². The third kappa shape index (κ3) is 3.37. The fourth-order valence-electron chi connectivity index (χ4n) is 3.49. The second-order valence-corrected chi connectivity index (χ2v) is 6.03. The van der Waals surface area contributed by atoms with E-state index in [0.29, 0.717) is 6.10 Å². The maximum absolute atomic E-state index is 6.35. The first-order valence-electron chi connectivity index (χ1n) is 7.71. The summed E-state index contributed by atoms with van der Waals surface area (Å²) < 4.78 is 8.45. The van der Waals surface area contributed by atoms with E-state index in [-0.39, 0.29) is 5.60 Å². The highest BCUT2D eigenvalue weighted by Crippen LogP contribution is 2.41. The van der Waals surface area contributed by atoms with E-state index in [1.165, 1.54) is 44.9 Å². The van der Waals surface area contributed by atoms with Gasteiger partial charge in [-0.1, -0.05) is 19.3 Å². The zero-order valence-electron chi connectivity index (χ0n) is 11.7. The van der Waals surface area contributed by atoms with E-state index in [0.717, 1.165) is 19.6 Å². The Hall–Kier alpha value is -0.870. The minimum Gasteiger partial charge on any atom is -0.370 e. The summed E-state index contributed by atoms with van der Waals surface area (Å²) in [5.41, 5.74) is 0.259. The molecule has 1 atom stereocenters. The topological polar surface area (TPSA) is 39.1 Å². The highest BCUT2D eigenvalue weighted by atomic mass is 16.5. The Labute approximate surface area is 115 Å². The highest BCUT2D eigenvalue weighted by molar-refractivity contribution is 4.91. The third-order valence-electron chi connectivity index (χ3n) is 4.58. The summed E-state index contributed by atoms with van der Waals surface area (Å²) in [4.78, 5) is 4.05. The SMILES string of the molecule is c1cn(CCNCC2CCC3(CCCCC3)O2)cn1. The fourth-order valence-corrected chi connectivity index (χ4v) is 3.49. The van der Waals surface area contributed by atoms with Crippen molar-refractivity contribution in [3.05, 3.63) is 18.7 Å². The molecular formula is C15H25N3O. The van der Waals surface area contributed by atoms with Crippen molar-refractivity contribution in [1.82, 2.24) is 14.9 Å². The molecule has 2 aliphatic rings. The zero-order valence-corrected chi connectivity index (χ0v) is 11.7. The second kappa shape index (κ2) is 6.06. The predicted octanol–water partition coefficient (Wildman–Crippen LogP) is 2.35. The average Bonchev–Trinajstić information content (AvgIpc) is 3.07. The minimum atomic E-state index is 0.259. The molecule has 1 aromatic rings. The molecule has 1 saturated carbocycles. The first-order chi connectivity index (χ1) is 9.36. The summed E-state index contributed by atoms with van der Waals surface area (Å²) in [6, 6.07) is 0.